The summed E-state index contributed by atoms with van der Waals surface area (Å²) >= 11 is 3.38. The van der Waals surface area contributed by atoms with E-state index in [0.29, 0.717) is 12.0 Å². The molecule has 1 N–H and O–H groups in total. The normalized spacial score (nSPS) is 27.2. The van der Waals surface area contributed by atoms with Crippen LogP contribution in [0, 0.1) is 12.8 Å². The molecule has 21 heavy (non-hydrogen) atoms. The lowest BCUT2D eigenvalue weighted by Gasteiger charge is -2.22. The van der Waals surface area contributed by atoms with Crippen LogP contribution in [0.15, 0.2) is 24.3 Å². The van der Waals surface area contributed by atoms with Crippen LogP contribution >= 0.6 is 22.7 Å². The van der Waals surface area contributed by atoms with Gasteiger partial charge in [-0.05, 0) is 50.1 Å². The predicted molar refractivity (Wildman–Crippen MR) is 88.2 cm³/mol. The van der Waals surface area contributed by atoms with Crippen molar-refractivity contribution in [3.8, 4) is 9.75 Å². The number of carbonyl (C=O) groups excluding carboxylic acids is 1. The Labute approximate surface area is 132 Å². The smallest absolute Gasteiger partial charge is 0.261 e. The highest BCUT2D eigenvalue weighted by atomic mass is 32.1. The first-order valence-corrected chi connectivity index (χ1v) is 9.02. The van der Waals surface area contributed by atoms with Crippen LogP contribution in [0.3, 0.4) is 0 Å². The summed E-state index contributed by atoms with van der Waals surface area (Å²) in [6.07, 6.45) is 1.23. The fraction of sp³-hybridized carbons (Fsp3) is 0.438. The molecular formula is C16H18N2OS2. The van der Waals surface area contributed by atoms with Crippen LogP contribution in [0.5, 0.6) is 0 Å². The zero-order valence-corrected chi connectivity index (χ0v) is 13.6. The first-order chi connectivity index (χ1) is 10.2. The zero-order valence-electron chi connectivity index (χ0n) is 12.0. The van der Waals surface area contributed by atoms with Gasteiger partial charge in [-0.3, -0.25) is 4.79 Å². The molecule has 0 aromatic carbocycles. The van der Waals surface area contributed by atoms with E-state index in [2.05, 4.69) is 35.3 Å². The SMILES string of the molecule is Cc1ccc(-c2ccc(C(=O)NC3CN4CCC3C4)s2)s1. The van der Waals surface area contributed by atoms with Crippen LogP contribution in [-0.4, -0.2) is 36.5 Å². The highest BCUT2D eigenvalue weighted by molar-refractivity contribution is 7.23. The molecule has 2 saturated heterocycles. The van der Waals surface area contributed by atoms with E-state index in [-0.39, 0.29) is 5.91 Å². The standard InChI is InChI=1S/C16H18N2OS2/c1-10-2-3-13(20-10)14-4-5-15(21-14)16(19)17-12-9-18-7-6-11(12)8-18/h2-5,11-12H,6-9H2,1H3,(H,17,19). The molecular weight excluding hydrogens is 300 g/mol. The highest BCUT2D eigenvalue weighted by Gasteiger charge is 2.38. The van der Waals surface area contributed by atoms with Gasteiger partial charge < -0.3 is 10.2 Å². The summed E-state index contributed by atoms with van der Waals surface area (Å²) in [5, 5.41) is 3.23. The number of nitrogens with one attached hydrogen (secondary N) is 1. The Bertz CT molecular complexity index is 675. The number of nitrogens with zero attached hydrogens (tertiary/aromatic N) is 1. The van der Waals surface area contributed by atoms with Crippen LogP contribution in [0.1, 0.15) is 21.0 Å². The molecule has 0 aliphatic carbocycles. The molecule has 3 unspecified atom stereocenters. The molecule has 2 aromatic rings. The first kappa shape index (κ1) is 13.5. The number of hydrogen-bond acceptors (Lipinski definition) is 4. The van der Waals surface area contributed by atoms with Gasteiger partial charge in [-0.15, -0.1) is 22.7 Å². The fourth-order valence-corrected chi connectivity index (χ4v) is 5.21. The van der Waals surface area contributed by atoms with Crippen molar-refractivity contribution in [3.05, 3.63) is 34.0 Å². The van der Waals surface area contributed by atoms with Crippen LogP contribution in [0.2, 0.25) is 0 Å². The molecule has 2 bridgehead atoms. The third kappa shape index (κ3) is 2.54. The molecule has 0 spiro atoms. The summed E-state index contributed by atoms with van der Waals surface area (Å²) in [5.74, 6) is 0.756. The minimum absolute atomic E-state index is 0.0956. The molecule has 4 rings (SSSR count). The molecule has 1 amide bonds. The van der Waals surface area contributed by atoms with E-state index in [1.165, 1.54) is 27.6 Å². The molecule has 2 aromatic heterocycles. The molecule has 2 aliphatic rings. The van der Waals surface area contributed by atoms with Gasteiger partial charge >= 0.3 is 0 Å². The molecule has 3 atom stereocenters. The lowest BCUT2D eigenvalue weighted by Crippen LogP contribution is -2.42. The van der Waals surface area contributed by atoms with Crippen molar-refractivity contribution in [1.82, 2.24) is 10.2 Å². The van der Waals surface area contributed by atoms with Crippen LogP contribution in [0.25, 0.3) is 9.75 Å². The Balaban J connectivity index is 1.46. The van der Waals surface area contributed by atoms with Gasteiger partial charge in [-0.25, -0.2) is 0 Å². The van der Waals surface area contributed by atoms with E-state index in [1.54, 1.807) is 22.7 Å². The van der Waals surface area contributed by atoms with Crippen LogP contribution in [0.4, 0.5) is 0 Å². The van der Waals surface area contributed by atoms with Crippen molar-refractivity contribution in [1.29, 1.82) is 0 Å². The topological polar surface area (TPSA) is 32.3 Å². The quantitative estimate of drug-likeness (QED) is 0.942. The lowest BCUT2D eigenvalue weighted by atomic mass is 10.00. The van der Waals surface area contributed by atoms with Crippen LogP contribution < -0.4 is 5.32 Å². The summed E-state index contributed by atoms with van der Waals surface area (Å²) in [7, 11) is 0. The van der Waals surface area contributed by atoms with Gasteiger partial charge in [0.25, 0.3) is 5.91 Å². The fourth-order valence-electron chi connectivity index (χ4n) is 3.35. The van der Waals surface area contributed by atoms with E-state index >= 15 is 0 Å². The Kier molecular flexibility index (Phi) is 3.36. The van der Waals surface area contributed by atoms with Gasteiger partial charge in [0.1, 0.15) is 0 Å². The van der Waals surface area contributed by atoms with Gasteiger partial charge in [-0.2, -0.15) is 0 Å². The second kappa shape index (κ2) is 5.23. The van der Waals surface area contributed by atoms with E-state index in [9.17, 15) is 4.79 Å². The van der Waals surface area contributed by atoms with E-state index in [0.717, 1.165) is 18.0 Å². The molecule has 2 fully saturated rings. The number of fused-ring (bicyclic) bond motifs is 2. The summed E-state index contributed by atoms with van der Waals surface area (Å²) in [4.78, 5) is 19.4. The summed E-state index contributed by atoms with van der Waals surface area (Å²) in [5.41, 5.74) is 0. The maximum absolute atomic E-state index is 12.4. The van der Waals surface area contributed by atoms with Gasteiger partial charge in [0, 0.05) is 33.8 Å². The van der Waals surface area contributed by atoms with Crippen LogP contribution in [-0.2, 0) is 0 Å². The van der Waals surface area contributed by atoms with E-state index in [4.69, 9.17) is 0 Å². The Morgan fingerprint density at radius 3 is 2.67 bits per heavy atom. The van der Waals surface area contributed by atoms with Gasteiger partial charge in [0.05, 0.1) is 4.88 Å². The van der Waals surface area contributed by atoms with Crippen molar-refractivity contribution >= 4 is 28.6 Å². The Morgan fingerprint density at radius 2 is 2.00 bits per heavy atom. The Hall–Kier alpha value is -1.17. The summed E-state index contributed by atoms with van der Waals surface area (Å²) in [6.45, 7) is 5.51. The predicted octanol–water partition coefficient (Wildman–Crippen LogP) is 3.22. The molecule has 0 radical (unpaired) electrons. The van der Waals surface area contributed by atoms with E-state index in [1.807, 2.05) is 6.07 Å². The van der Waals surface area contributed by atoms with Gasteiger partial charge in [0.15, 0.2) is 0 Å². The summed E-state index contributed by atoms with van der Waals surface area (Å²) in [6, 6.07) is 8.63. The number of rotatable bonds is 3. The lowest BCUT2D eigenvalue weighted by molar-refractivity contribution is 0.0928. The molecule has 110 valence electrons. The van der Waals surface area contributed by atoms with Crippen molar-refractivity contribution in [2.24, 2.45) is 5.92 Å². The monoisotopic (exact) mass is 318 g/mol. The Morgan fingerprint density at radius 1 is 1.19 bits per heavy atom. The van der Waals surface area contributed by atoms with Crippen molar-refractivity contribution in [2.75, 3.05) is 19.6 Å². The van der Waals surface area contributed by atoms with Crippen molar-refractivity contribution in [2.45, 2.75) is 19.4 Å². The average Bonchev–Trinajstić information content (AvgIpc) is 3.22. The highest BCUT2D eigenvalue weighted by Crippen LogP contribution is 2.34. The number of piperidine rings is 1. The maximum atomic E-state index is 12.4. The number of hydrogen-bond donors (Lipinski definition) is 1. The number of thiophene rings is 2. The second-order valence-corrected chi connectivity index (χ2v) is 8.33. The first-order valence-electron chi connectivity index (χ1n) is 7.39. The second-order valence-electron chi connectivity index (χ2n) is 5.96. The van der Waals surface area contributed by atoms with Crippen molar-refractivity contribution < 1.29 is 4.79 Å². The maximum Gasteiger partial charge on any atom is 0.261 e. The van der Waals surface area contributed by atoms with Gasteiger partial charge in [-0.1, -0.05) is 0 Å². The minimum atomic E-state index is 0.0956. The molecule has 0 saturated carbocycles. The molecule has 3 nitrogen and oxygen atoms in total. The molecule has 4 heterocycles. The number of aryl methyl sites for hydroxylation is 1. The third-order valence-corrected chi connectivity index (χ3v) is 6.74. The number of carbonyl (C=O) groups is 1. The molecule has 2 aliphatic heterocycles. The van der Waals surface area contributed by atoms with Crippen molar-refractivity contribution in [3.63, 3.8) is 0 Å². The summed E-state index contributed by atoms with van der Waals surface area (Å²) < 4.78 is 0. The number of amides is 1. The molecule has 5 heteroatoms. The van der Waals surface area contributed by atoms with E-state index < -0.39 is 0 Å². The minimum Gasteiger partial charge on any atom is -0.347 e. The zero-order chi connectivity index (χ0) is 14.4. The largest absolute Gasteiger partial charge is 0.347 e. The third-order valence-electron chi connectivity index (χ3n) is 4.46. The average molecular weight is 318 g/mol. The van der Waals surface area contributed by atoms with Gasteiger partial charge in [0.2, 0.25) is 0 Å².